The lowest BCUT2D eigenvalue weighted by Crippen LogP contribution is -2.31. The summed E-state index contributed by atoms with van der Waals surface area (Å²) in [5.41, 5.74) is 0. The molecule has 1 N–H and O–H groups in total. The van der Waals surface area contributed by atoms with Crippen molar-refractivity contribution in [1.82, 2.24) is 5.32 Å². The minimum atomic E-state index is 0.811. The third-order valence-electron chi connectivity index (χ3n) is 7.82. The molecule has 0 heterocycles. The number of rotatable bonds is 4. The van der Waals surface area contributed by atoms with Crippen molar-refractivity contribution >= 4 is 0 Å². The molecule has 2 aliphatic rings. The van der Waals surface area contributed by atoms with E-state index in [2.05, 4.69) is 5.32 Å². The maximum Gasteiger partial charge on any atom is 0.00670 e. The highest BCUT2D eigenvalue weighted by molar-refractivity contribution is 4.70. The minimum absolute atomic E-state index is 0.811. The summed E-state index contributed by atoms with van der Waals surface area (Å²) >= 11 is 0. The Morgan fingerprint density at radius 2 is 0.690 bits per heavy atom. The predicted molar refractivity (Wildman–Crippen MR) is 131 cm³/mol. The molecule has 2 aliphatic carbocycles. The van der Waals surface area contributed by atoms with Gasteiger partial charge in [0.2, 0.25) is 0 Å². The van der Waals surface area contributed by atoms with E-state index in [9.17, 15) is 0 Å². The van der Waals surface area contributed by atoms with Gasteiger partial charge in [-0.05, 0) is 31.7 Å². The summed E-state index contributed by atoms with van der Waals surface area (Å²) in [5.74, 6) is 0.998. The zero-order valence-corrected chi connectivity index (χ0v) is 20.0. The third kappa shape index (κ3) is 14.6. The molecule has 2 fully saturated rings. The van der Waals surface area contributed by atoms with E-state index in [1.54, 1.807) is 0 Å². The highest BCUT2D eigenvalue weighted by Crippen LogP contribution is 2.23. The first-order valence-corrected chi connectivity index (χ1v) is 14.2. The molecule has 0 aromatic rings. The van der Waals surface area contributed by atoms with Crippen molar-refractivity contribution in [2.24, 2.45) is 5.92 Å². The fraction of sp³-hybridized carbons (Fsp3) is 1.00. The van der Waals surface area contributed by atoms with Gasteiger partial charge in [0, 0.05) is 6.04 Å². The van der Waals surface area contributed by atoms with E-state index in [1.165, 1.54) is 167 Å². The summed E-state index contributed by atoms with van der Waals surface area (Å²) in [5, 5.41) is 4.03. The van der Waals surface area contributed by atoms with Crippen molar-refractivity contribution < 1.29 is 0 Å². The van der Waals surface area contributed by atoms with Crippen LogP contribution in [0.5, 0.6) is 0 Å². The van der Waals surface area contributed by atoms with Crippen molar-refractivity contribution in [2.45, 2.75) is 167 Å². The van der Waals surface area contributed by atoms with Crippen LogP contribution in [-0.2, 0) is 0 Å². The Balaban J connectivity index is 1.66. The van der Waals surface area contributed by atoms with Gasteiger partial charge in [-0.25, -0.2) is 0 Å². The largest absolute Gasteiger partial charge is 0.314 e. The van der Waals surface area contributed by atoms with Gasteiger partial charge in [-0.1, -0.05) is 141 Å². The lowest BCUT2D eigenvalue weighted by molar-refractivity contribution is 0.350. The second-order valence-corrected chi connectivity index (χ2v) is 10.5. The second kappa shape index (κ2) is 18.7. The van der Waals surface area contributed by atoms with Crippen molar-refractivity contribution in [3.8, 4) is 0 Å². The summed E-state index contributed by atoms with van der Waals surface area (Å²) in [6.07, 6.45) is 37.0. The van der Waals surface area contributed by atoms with Crippen LogP contribution < -0.4 is 5.32 Å². The maximum absolute atomic E-state index is 4.03. The molecular weight excluding hydrogens is 350 g/mol. The lowest BCUT2D eigenvalue weighted by Gasteiger charge is -2.22. The number of hydrogen-bond donors (Lipinski definition) is 1. The van der Waals surface area contributed by atoms with E-state index < -0.39 is 0 Å². The topological polar surface area (TPSA) is 12.0 Å². The van der Waals surface area contributed by atoms with E-state index in [-0.39, 0.29) is 0 Å². The Kier molecular flexibility index (Phi) is 16.3. The van der Waals surface area contributed by atoms with Gasteiger partial charge in [0.15, 0.2) is 0 Å². The van der Waals surface area contributed by atoms with Gasteiger partial charge >= 0.3 is 0 Å². The highest BCUT2D eigenvalue weighted by atomic mass is 14.9. The first-order chi connectivity index (χ1) is 14.4. The van der Waals surface area contributed by atoms with Crippen LogP contribution in [0.15, 0.2) is 0 Å². The van der Waals surface area contributed by atoms with Crippen LogP contribution in [0.2, 0.25) is 0 Å². The minimum Gasteiger partial charge on any atom is -0.314 e. The molecule has 0 aliphatic heterocycles. The Morgan fingerprint density at radius 1 is 0.379 bits per heavy atom. The van der Waals surface area contributed by atoms with Crippen molar-refractivity contribution in [3.05, 3.63) is 0 Å². The van der Waals surface area contributed by atoms with Crippen molar-refractivity contribution in [2.75, 3.05) is 6.54 Å². The molecule has 1 heteroatoms. The predicted octanol–water partition coefficient (Wildman–Crippen LogP) is 9.34. The van der Waals surface area contributed by atoms with Gasteiger partial charge in [0.05, 0.1) is 0 Å². The van der Waals surface area contributed by atoms with Gasteiger partial charge < -0.3 is 5.32 Å². The fourth-order valence-corrected chi connectivity index (χ4v) is 5.75. The molecule has 0 aromatic heterocycles. The molecule has 0 unspecified atom stereocenters. The molecule has 2 saturated carbocycles. The first-order valence-electron chi connectivity index (χ1n) is 14.2. The molecule has 0 saturated heterocycles. The Bertz CT molecular complexity index is 279. The fourth-order valence-electron chi connectivity index (χ4n) is 5.75. The molecular formula is C28H55N. The van der Waals surface area contributed by atoms with E-state index >= 15 is 0 Å². The molecule has 0 spiro atoms. The van der Waals surface area contributed by atoms with Gasteiger partial charge in [0.25, 0.3) is 0 Å². The van der Waals surface area contributed by atoms with Gasteiger partial charge in [-0.2, -0.15) is 0 Å². The zero-order valence-electron chi connectivity index (χ0n) is 20.0. The molecule has 2 rings (SSSR count). The van der Waals surface area contributed by atoms with E-state index in [0.29, 0.717) is 0 Å². The van der Waals surface area contributed by atoms with Crippen molar-refractivity contribution in [1.29, 1.82) is 0 Å². The number of hydrogen-bond acceptors (Lipinski definition) is 1. The molecule has 0 radical (unpaired) electrons. The van der Waals surface area contributed by atoms with Crippen LogP contribution in [-0.4, -0.2) is 12.6 Å². The summed E-state index contributed by atoms with van der Waals surface area (Å²) < 4.78 is 0. The van der Waals surface area contributed by atoms with Gasteiger partial charge in [-0.3, -0.25) is 0 Å². The van der Waals surface area contributed by atoms with Crippen LogP contribution in [0.4, 0.5) is 0 Å². The smallest absolute Gasteiger partial charge is 0.00670 e. The molecule has 1 nitrogen and oxygen atoms in total. The van der Waals surface area contributed by atoms with Crippen LogP contribution in [0.1, 0.15) is 161 Å². The van der Waals surface area contributed by atoms with Crippen LogP contribution >= 0.6 is 0 Å². The lowest BCUT2D eigenvalue weighted by atomic mass is 9.91. The van der Waals surface area contributed by atoms with Crippen LogP contribution in [0.3, 0.4) is 0 Å². The Hall–Kier alpha value is -0.0400. The average Bonchev–Trinajstić information content (AvgIpc) is 2.77. The van der Waals surface area contributed by atoms with E-state index in [4.69, 9.17) is 0 Å². The first kappa shape index (κ1) is 25.2. The monoisotopic (exact) mass is 405 g/mol. The molecule has 0 atom stereocenters. The van der Waals surface area contributed by atoms with Crippen LogP contribution in [0, 0.1) is 5.92 Å². The molecule has 0 amide bonds. The summed E-state index contributed by atoms with van der Waals surface area (Å²) in [6, 6.07) is 0.811. The Morgan fingerprint density at radius 3 is 1.07 bits per heavy atom. The quantitative estimate of drug-likeness (QED) is 0.491. The zero-order chi connectivity index (χ0) is 20.2. The normalized spacial score (nSPS) is 24.8. The average molecular weight is 406 g/mol. The van der Waals surface area contributed by atoms with E-state index in [0.717, 1.165) is 12.0 Å². The van der Waals surface area contributed by atoms with Gasteiger partial charge in [0.1, 0.15) is 0 Å². The maximum atomic E-state index is 4.03. The SMILES string of the molecule is C1CCCCCCC(CCNC2CCCCCCCCCCCC2)CCCCC1. The third-order valence-corrected chi connectivity index (χ3v) is 7.82. The molecule has 29 heavy (non-hydrogen) atoms. The molecule has 172 valence electrons. The summed E-state index contributed by atoms with van der Waals surface area (Å²) in [4.78, 5) is 0. The second-order valence-electron chi connectivity index (χ2n) is 10.5. The standard InChI is InChI=1S/C28H55N/c1-2-6-10-14-18-22-27(21-17-13-9-5-1)25-26-29-28-23-19-15-11-7-3-4-8-12-16-20-24-28/h27-29H,1-26H2. The molecule has 0 bridgehead atoms. The Labute approximate surface area is 184 Å². The summed E-state index contributed by atoms with van der Waals surface area (Å²) in [6.45, 7) is 1.29. The van der Waals surface area contributed by atoms with E-state index in [1.807, 2.05) is 0 Å². The highest BCUT2D eigenvalue weighted by Gasteiger charge is 2.12. The van der Waals surface area contributed by atoms with Gasteiger partial charge in [-0.15, -0.1) is 0 Å². The summed E-state index contributed by atoms with van der Waals surface area (Å²) in [7, 11) is 0. The van der Waals surface area contributed by atoms with Crippen molar-refractivity contribution in [3.63, 3.8) is 0 Å². The molecule has 0 aromatic carbocycles. The van der Waals surface area contributed by atoms with Crippen LogP contribution in [0.25, 0.3) is 0 Å². The number of nitrogens with one attached hydrogen (secondary N) is 1.